The molecule has 0 spiro atoms. The Hall–Kier alpha value is -0.770. The van der Waals surface area contributed by atoms with Crippen LogP contribution in [-0.2, 0) is 0 Å². The third-order valence-corrected chi connectivity index (χ3v) is 4.21. The van der Waals surface area contributed by atoms with Crippen molar-refractivity contribution in [3.63, 3.8) is 0 Å². The van der Waals surface area contributed by atoms with Gasteiger partial charge in [-0.05, 0) is 45.2 Å². The minimum absolute atomic E-state index is 0.0372. The topological polar surface area (TPSA) is 44.4 Å². The van der Waals surface area contributed by atoms with Crippen LogP contribution in [0.2, 0.25) is 0 Å². The molecular weight excluding hydrogens is 226 g/mol. The first kappa shape index (κ1) is 13.7. The second-order valence-electron chi connectivity index (χ2n) is 5.96. The fourth-order valence-corrected chi connectivity index (χ4v) is 3.16. The van der Waals surface area contributed by atoms with Crippen LogP contribution in [0.4, 0.5) is 4.79 Å². The summed E-state index contributed by atoms with van der Waals surface area (Å²) in [6.07, 6.45) is 8.66. The van der Waals surface area contributed by atoms with E-state index in [9.17, 15) is 4.79 Å². The molecule has 0 aromatic rings. The van der Waals surface area contributed by atoms with E-state index in [0.29, 0.717) is 12.0 Å². The number of likely N-dealkylation sites (tertiary alicyclic amines) is 1. The van der Waals surface area contributed by atoms with Crippen LogP contribution in [0.1, 0.15) is 44.9 Å². The average molecular weight is 253 g/mol. The summed E-state index contributed by atoms with van der Waals surface area (Å²) in [7, 11) is 2.16. The molecule has 2 N–H and O–H groups in total. The van der Waals surface area contributed by atoms with Gasteiger partial charge in [0, 0.05) is 19.1 Å². The van der Waals surface area contributed by atoms with E-state index in [1.165, 1.54) is 38.6 Å². The van der Waals surface area contributed by atoms with Gasteiger partial charge < -0.3 is 15.5 Å². The smallest absolute Gasteiger partial charge is 0.315 e. The summed E-state index contributed by atoms with van der Waals surface area (Å²) in [5.74, 6) is 0.626. The zero-order valence-electron chi connectivity index (χ0n) is 11.6. The van der Waals surface area contributed by atoms with Crippen molar-refractivity contribution in [2.75, 3.05) is 26.7 Å². The van der Waals surface area contributed by atoms with Crippen molar-refractivity contribution in [1.82, 2.24) is 15.5 Å². The summed E-state index contributed by atoms with van der Waals surface area (Å²) in [6.45, 7) is 3.14. The Balaban J connectivity index is 1.61. The largest absolute Gasteiger partial charge is 0.338 e. The maximum Gasteiger partial charge on any atom is 0.315 e. The number of piperidine rings is 1. The highest BCUT2D eigenvalue weighted by Gasteiger charge is 2.19. The predicted molar refractivity (Wildman–Crippen MR) is 73.6 cm³/mol. The molecule has 1 saturated heterocycles. The molecule has 4 heteroatoms. The molecule has 2 amide bonds. The Morgan fingerprint density at radius 2 is 1.94 bits per heavy atom. The summed E-state index contributed by atoms with van der Waals surface area (Å²) in [6, 6.07) is 0.447. The highest BCUT2D eigenvalue weighted by molar-refractivity contribution is 5.74. The van der Waals surface area contributed by atoms with Crippen LogP contribution < -0.4 is 10.6 Å². The van der Waals surface area contributed by atoms with Crippen LogP contribution in [0.5, 0.6) is 0 Å². The summed E-state index contributed by atoms with van der Waals surface area (Å²) in [4.78, 5) is 14.2. The number of amides is 2. The zero-order chi connectivity index (χ0) is 12.8. The first-order chi connectivity index (χ1) is 8.74. The Morgan fingerprint density at radius 1 is 1.17 bits per heavy atom. The molecule has 1 aliphatic heterocycles. The molecule has 1 aliphatic carbocycles. The summed E-state index contributed by atoms with van der Waals surface area (Å²) >= 11 is 0. The average Bonchev–Trinajstić information content (AvgIpc) is 2.38. The molecule has 1 atom stereocenters. The molecule has 0 unspecified atom stereocenters. The molecular formula is C14H27N3O. The van der Waals surface area contributed by atoms with Gasteiger partial charge in [0.2, 0.25) is 0 Å². The van der Waals surface area contributed by atoms with Gasteiger partial charge in [-0.2, -0.15) is 0 Å². The fourth-order valence-electron chi connectivity index (χ4n) is 3.16. The molecule has 1 saturated carbocycles. The molecule has 104 valence electrons. The van der Waals surface area contributed by atoms with Crippen molar-refractivity contribution < 1.29 is 4.79 Å². The second kappa shape index (κ2) is 6.98. The summed E-state index contributed by atoms with van der Waals surface area (Å²) in [5, 5.41) is 6.15. The number of rotatable bonds is 3. The van der Waals surface area contributed by atoms with Gasteiger partial charge in [0.25, 0.3) is 0 Å². The number of nitrogens with one attached hydrogen (secondary N) is 2. The van der Waals surface area contributed by atoms with Crippen molar-refractivity contribution in [3.8, 4) is 0 Å². The number of urea groups is 1. The zero-order valence-corrected chi connectivity index (χ0v) is 11.6. The molecule has 0 aromatic heterocycles. The predicted octanol–water partition coefficient (Wildman–Crippen LogP) is 1.96. The van der Waals surface area contributed by atoms with Crippen LogP contribution in [0.3, 0.4) is 0 Å². The number of hydrogen-bond acceptors (Lipinski definition) is 2. The third kappa shape index (κ3) is 4.48. The lowest BCUT2D eigenvalue weighted by atomic mass is 9.96. The van der Waals surface area contributed by atoms with E-state index < -0.39 is 0 Å². The first-order valence-corrected chi connectivity index (χ1v) is 7.47. The van der Waals surface area contributed by atoms with E-state index in [4.69, 9.17) is 0 Å². The molecule has 0 aromatic carbocycles. The van der Waals surface area contributed by atoms with Crippen molar-refractivity contribution in [1.29, 1.82) is 0 Å². The Kier molecular flexibility index (Phi) is 5.29. The maximum absolute atomic E-state index is 11.8. The number of hydrogen-bond donors (Lipinski definition) is 2. The van der Waals surface area contributed by atoms with E-state index in [2.05, 4.69) is 22.6 Å². The lowest BCUT2D eigenvalue weighted by Crippen LogP contribution is -2.46. The van der Waals surface area contributed by atoms with Gasteiger partial charge in [0.15, 0.2) is 0 Å². The number of carbonyl (C=O) groups excluding carboxylic acids is 1. The number of nitrogens with zero attached hydrogens (tertiary/aromatic N) is 1. The van der Waals surface area contributed by atoms with Crippen LogP contribution >= 0.6 is 0 Å². The third-order valence-electron chi connectivity index (χ3n) is 4.21. The molecule has 1 heterocycles. The monoisotopic (exact) mass is 253 g/mol. The van der Waals surface area contributed by atoms with Crippen LogP contribution in [0.25, 0.3) is 0 Å². The lowest BCUT2D eigenvalue weighted by Gasteiger charge is -2.30. The first-order valence-electron chi connectivity index (χ1n) is 7.47. The van der Waals surface area contributed by atoms with Gasteiger partial charge in [-0.25, -0.2) is 4.79 Å². The Bertz CT molecular complexity index is 264. The van der Waals surface area contributed by atoms with Crippen molar-refractivity contribution in [2.24, 2.45) is 5.92 Å². The van der Waals surface area contributed by atoms with Crippen LogP contribution in [-0.4, -0.2) is 43.7 Å². The fraction of sp³-hybridized carbons (Fsp3) is 0.929. The maximum atomic E-state index is 11.8. The van der Waals surface area contributed by atoms with Crippen LogP contribution in [0, 0.1) is 5.92 Å². The van der Waals surface area contributed by atoms with E-state index in [1.807, 2.05) is 0 Å². The summed E-state index contributed by atoms with van der Waals surface area (Å²) in [5.41, 5.74) is 0. The van der Waals surface area contributed by atoms with Gasteiger partial charge in [-0.1, -0.05) is 19.3 Å². The number of carbonyl (C=O) groups is 1. The van der Waals surface area contributed by atoms with E-state index >= 15 is 0 Å². The molecule has 0 bridgehead atoms. The molecule has 4 nitrogen and oxygen atoms in total. The molecule has 0 radical (unpaired) electrons. The van der Waals surface area contributed by atoms with Crippen LogP contribution in [0.15, 0.2) is 0 Å². The van der Waals surface area contributed by atoms with Crippen molar-refractivity contribution >= 4 is 6.03 Å². The van der Waals surface area contributed by atoms with Gasteiger partial charge in [-0.15, -0.1) is 0 Å². The molecule has 2 aliphatic rings. The second-order valence-corrected chi connectivity index (χ2v) is 5.96. The van der Waals surface area contributed by atoms with Gasteiger partial charge in [-0.3, -0.25) is 0 Å². The SMILES string of the molecule is CN1CCC[C@@H](CNC(=O)NC2CCCCC2)C1. The Morgan fingerprint density at radius 3 is 2.67 bits per heavy atom. The highest BCUT2D eigenvalue weighted by atomic mass is 16.2. The van der Waals surface area contributed by atoms with Gasteiger partial charge >= 0.3 is 6.03 Å². The minimum Gasteiger partial charge on any atom is -0.338 e. The van der Waals surface area contributed by atoms with E-state index in [0.717, 1.165) is 25.9 Å². The van der Waals surface area contributed by atoms with E-state index in [1.54, 1.807) is 0 Å². The Labute approximate surface area is 110 Å². The standard InChI is InChI=1S/C14H27N3O/c1-17-9-5-6-12(11-17)10-15-14(18)16-13-7-3-2-4-8-13/h12-13H,2-11H2,1H3,(H2,15,16,18)/t12-/m0/s1. The normalized spacial score (nSPS) is 26.8. The van der Waals surface area contributed by atoms with Gasteiger partial charge in [0.1, 0.15) is 0 Å². The molecule has 2 fully saturated rings. The van der Waals surface area contributed by atoms with Gasteiger partial charge in [0.05, 0.1) is 0 Å². The van der Waals surface area contributed by atoms with Crippen molar-refractivity contribution in [2.45, 2.75) is 51.0 Å². The summed E-state index contributed by atoms with van der Waals surface area (Å²) < 4.78 is 0. The quantitative estimate of drug-likeness (QED) is 0.807. The van der Waals surface area contributed by atoms with E-state index in [-0.39, 0.29) is 6.03 Å². The molecule has 2 rings (SSSR count). The minimum atomic E-state index is 0.0372. The molecule has 18 heavy (non-hydrogen) atoms. The lowest BCUT2D eigenvalue weighted by molar-refractivity contribution is 0.200. The van der Waals surface area contributed by atoms with Crippen molar-refractivity contribution in [3.05, 3.63) is 0 Å². The highest BCUT2D eigenvalue weighted by Crippen LogP contribution is 2.17.